The summed E-state index contributed by atoms with van der Waals surface area (Å²) in [7, 11) is 0. The predicted molar refractivity (Wildman–Crippen MR) is 52.2 cm³/mol. The summed E-state index contributed by atoms with van der Waals surface area (Å²) in [5, 5.41) is 0. The van der Waals surface area contributed by atoms with Gasteiger partial charge in [0.2, 0.25) is 0 Å². The molecule has 0 amide bonds. The minimum atomic E-state index is -4.34. The SMILES string of the molecule is Cc1ccc([C@@H](N)CN)cc1C(F)(F)F. The van der Waals surface area contributed by atoms with Crippen LogP contribution in [0.4, 0.5) is 13.2 Å². The second-order valence-electron chi connectivity index (χ2n) is 3.41. The highest BCUT2D eigenvalue weighted by atomic mass is 19.4. The van der Waals surface area contributed by atoms with Crippen LogP contribution in [0.15, 0.2) is 18.2 Å². The van der Waals surface area contributed by atoms with Crippen molar-refractivity contribution in [1.29, 1.82) is 0 Å². The van der Waals surface area contributed by atoms with E-state index in [-0.39, 0.29) is 12.1 Å². The Morgan fingerprint density at radius 1 is 1.33 bits per heavy atom. The maximum Gasteiger partial charge on any atom is 0.416 e. The van der Waals surface area contributed by atoms with Gasteiger partial charge in [0.25, 0.3) is 0 Å². The lowest BCUT2D eigenvalue weighted by molar-refractivity contribution is -0.138. The quantitative estimate of drug-likeness (QED) is 0.797. The van der Waals surface area contributed by atoms with Crippen molar-refractivity contribution in [3.05, 3.63) is 34.9 Å². The van der Waals surface area contributed by atoms with E-state index in [1.54, 1.807) is 6.07 Å². The summed E-state index contributed by atoms with van der Waals surface area (Å²) in [4.78, 5) is 0. The van der Waals surface area contributed by atoms with Crippen LogP contribution in [0.5, 0.6) is 0 Å². The molecule has 4 N–H and O–H groups in total. The van der Waals surface area contributed by atoms with Gasteiger partial charge in [-0.1, -0.05) is 12.1 Å². The lowest BCUT2D eigenvalue weighted by Gasteiger charge is -2.14. The van der Waals surface area contributed by atoms with Crippen LogP contribution in [0.1, 0.15) is 22.7 Å². The van der Waals surface area contributed by atoms with Crippen LogP contribution in [0.2, 0.25) is 0 Å². The maximum atomic E-state index is 12.5. The predicted octanol–water partition coefficient (Wildman–Crippen LogP) is 1.97. The Morgan fingerprint density at radius 2 is 1.93 bits per heavy atom. The molecule has 0 bridgehead atoms. The number of nitrogens with two attached hydrogens (primary N) is 2. The van der Waals surface area contributed by atoms with Crippen LogP contribution < -0.4 is 11.5 Å². The van der Waals surface area contributed by atoms with Crippen molar-refractivity contribution in [3.63, 3.8) is 0 Å². The van der Waals surface area contributed by atoms with Crippen LogP contribution in [0, 0.1) is 6.92 Å². The number of halogens is 3. The molecule has 1 atom stereocenters. The van der Waals surface area contributed by atoms with Crippen LogP contribution in [-0.4, -0.2) is 6.54 Å². The van der Waals surface area contributed by atoms with Gasteiger partial charge in [-0.3, -0.25) is 0 Å². The highest BCUT2D eigenvalue weighted by molar-refractivity contribution is 5.34. The van der Waals surface area contributed by atoms with Crippen molar-refractivity contribution in [2.24, 2.45) is 11.5 Å². The first-order valence-electron chi connectivity index (χ1n) is 4.49. The van der Waals surface area contributed by atoms with E-state index in [0.29, 0.717) is 5.56 Å². The molecule has 1 rings (SSSR count). The van der Waals surface area contributed by atoms with E-state index >= 15 is 0 Å². The minimum Gasteiger partial charge on any atom is -0.329 e. The molecule has 0 heterocycles. The summed E-state index contributed by atoms with van der Waals surface area (Å²) in [6.45, 7) is 1.54. The van der Waals surface area contributed by atoms with Gasteiger partial charge in [-0.05, 0) is 24.1 Å². The molecule has 0 aromatic heterocycles. The fourth-order valence-corrected chi connectivity index (χ4v) is 1.31. The first kappa shape index (κ1) is 12.0. The summed E-state index contributed by atoms with van der Waals surface area (Å²) in [6, 6.07) is 3.49. The second kappa shape index (κ2) is 4.20. The zero-order chi connectivity index (χ0) is 11.6. The summed E-state index contributed by atoms with van der Waals surface area (Å²) in [5.74, 6) is 0. The van der Waals surface area contributed by atoms with E-state index in [9.17, 15) is 13.2 Å². The normalized spacial score (nSPS) is 14.0. The number of hydrogen-bond donors (Lipinski definition) is 2. The highest BCUT2D eigenvalue weighted by Crippen LogP contribution is 2.33. The third-order valence-electron chi connectivity index (χ3n) is 2.25. The molecule has 0 aliphatic carbocycles. The Kier molecular flexibility index (Phi) is 3.36. The van der Waals surface area contributed by atoms with Gasteiger partial charge in [0.1, 0.15) is 0 Å². The number of benzene rings is 1. The third-order valence-corrected chi connectivity index (χ3v) is 2.25. The number of hydrogen-bond acceptors (Lipinski definition) is 2. The van der Waals surface area contributed by atoms with Gasteiger partial charge in [-0.25, -0.2) is 0 Å². The van der Waals surface area contributed by atoms with E-state index in [2.05, 4.69) is 0 Å². The zero-order valence-corrected chi connectivity index (χ0v) is 8.31. The minimum absolute atomic E-state index is 0.125. The Hall–Kier alpha value is -1.07. The van der Waals surface area contributed by atoms with Crippen molar-refractivity contribution in [1.82, 2.24) is 0 Å². The van der Waals surface area contributed by atoms with Crippen molar-refractivity contribution in [3.8, 4) is 0 Å². The fraction of sp³-hybridized carbons (Fsp3) is 0.400. The molecule has 2 nitrogen and oxygen atoms in total. The fourth-order valence-electron chi connectivity index (χ4n) is 1.31. The average Bonchev–Trinajstić information content (AvgIpc) is 2.15. The molecule has 0 aliphatic rings. The van der Waals surface area contributed by atoms with E-state index < -0.39 is 17.8 Å². The first-order valence-corrected chi connectivity index (χ1v) is 4.49. The lowest BCUT2D eigenvalue weighted by atomic mass is 10.0. The van der Waals surface area contributed by atoms with Crippen LogP contribution in [0.25, 0.3) is 0 Å². The lowest BCUT2D eigenvalue weighted by Crippen LogP contribution is -2.21. The molecule has 0 saturated carbocycles. The van der Waals surface area contributed by atoms with Crippen LogP contribution in [0.3, 0.4) is 0 Å². The first-order chi connectivity index (χ1) is 6.86. The molecule has 0 unspecified atom stereocenters. The molecule has 0 fully saturated rings. The van der Waals surface area contributed by atoms with Gasteiger partial charge in [-0.2, -0.15) is 13.2 Å². The van der Waals surface area contributed by atoms with Gasteiger partial charge >= 0.3 is 6.18 Å². The second-order valence-corrected chi connectivity index (χ2v) is 3.41. The zero-order valence-electron chi connectivity index (χ0n) is 8.31. The molecule has 0 radical (unpaired) electrons. The largest absolute Gasteiger partial charge is 0.416 e. The molecular formula is C10H13F3N2. The van der Waals surface area contributed by atoms with Crippen molar-refractivity contribution in [2.75, 3.05) is 6.54 Å². The Bertz CT molecular complexity index is 347. The maximum absolute atomic E-state index is 12.5. The third kappa shape index (κ3) is 2.70. The Labute approximate surface area is 86.1 Å². The Balaban J connectivity index is 3.17. The van der Waals surface area contributed by atoms with E-state index in [1.165, 1.54) is 13.0 Å². The van der Waals surface area contributed by atoms with Crippen LogP contribution >= 0.6 is 0 Å². The van der Waals surface area contributed by atoms with Gasteiger partial charge in [-0.15, -0.1) is 0 Å². The molecule has 1 aromatic carbocycles. The monoisotopic (exact) mass is 218 g/mol. The van der Waals surface area contributed by atoms with Crippen molar-refractivity contribution in [2.45, 2.75) is 19.1 Å². The van der Waals surface area contributed by atoms with E-state index in [4.69, 9.17) is 11.5 Å². The number of aryl methyl sites for hydroxylation is 1. The molecule has 0 saturated heterocycles. The summed E-state index contributed by atoms with van der Waals surface area (Å²) < 4.78 is 37.6. The smallest absolute Gasteiger partial charge is 0.329 e. The van der Waals surface area contributed by atoms with E-state index in [1.807, 2.05) is 0 Å². The molecular weight excluding hydrogens is 205 g/mol. The summed E-state index contributed by atoms with van der Waals surface area (Å²) in [6.07, 6.45) is -4.34. The molecule has 15 heavy (non-hydrogen) atoms. The molecule has 0 aliphatic heterocycles. The van der Waals surface area contributed by atoms with E-state index in [0.717, 1.165) is 6.07 Å². The average molecular weight is 218 g/mol. The number of alkyl halides is 3. The topological polar surface area (TPSA) is 52.0 Å². The molecule has 0 spiro atoms. The van der Waals surface area contributed by atoms with Gasteiger partial charge < -0.3 is 11.5 Å². The standard InChI is InChI=1S/C10H13F3N2/c1-6-2-3-7(9(15)5-14)4-8(6)10(11,12)13/h2-4,9H,5,14-15H2,1H3/t9-/m0/s1. The Morgan fingerprint density at radius 3 is 2.40 bits per heavy atom. The van der Waals surface area contributed by atoms with Gasteiger partial charge in [0.05, 0.1) is 5.56 Å². The summed E-state index contributed by atoms with van der Waals surface area (Å²) >= 11 is 0. The van der Waals surface area contributed by atoms with Gasteiger partial charge in [0, 0.05) is 12.6 Å². The van der Waals surface area contributed by atoms with Gasteiger partial charge in [0.15, 0.2) is 0 Å². The number of rotatable bonds is 2. The van der Waals surface area contributed by atoms with Crippen molar-refractivity contribution < 1.29 is 13.2 Å². The molecule has 5 heteroatoms. The molecule has 1 aromatic rings. The van der Waals surface area contributed by atoms with Crippen LogP contribution in [-0.2, 0) is 6.18 Å². The molecule has 84 valence electrons. The highest BCUT2D eigenvalue weighted by Gasteiger charge is 2.32. The van der Waals surface area contributed by atoms with Crippen molar-refractivity contribution >= 4 is 0 Å². The summed E-state index contributed by atoms with van der Waals surface area (Å²) in [5.41, 5.74) is 10.8.